The second-order valence-corrected chi connectivity index (χ2v) is 13.0. The number of anilines is 2. The van der Waals surface area contributed by atoms with Gasteiger partial charge in [-0.2, -0.15) is 0 Å². The Morgan fingerprint density at radius 2 is 1.63 bits per heavy atom. The summed E-state index contributed by atoms with van der Waals surface area (Å²) in [4.78, 5) is 65.0. The molecule has 0 radical (unpaired) electrons. The van der Waals surface area contributed by atoms with Gasteiger partial charge in [-0.15, -0.1) is 23.2 Å². The van der Waals surface area contributed by atoms with E-state index >= 15 is 0 Å². The molecule has 7 rings (SSSR count). The van der Waals surface area contributed by atoms with E-state index < -0.39 is 86.8 Å². The van der Waals surface area contributed by atoms with Crippen molar-refractivity contribution >= 4 is 64.2 Å². The molecule has 0 spiro atoms. The van der Waals surface area contributed by atoms with Crippen molar-refractivity contribution in [1.82, 2.24) is 0 Å². The van der Waals surface area contributed by atoms with Crippen molar-refractivity contribution in [2.45, 2.75) is 35.1 Å². The zero-order valence-electron chi connectivity index (χ0n) is 23.5. The van der Waals surface area contributed by atoms with Gasteiger partial charge >= 0.3 is 5.97 Å². The number of hydrogen-bond acceptors (Lipinski definition) is 8. The lowest BCUT2D eigenvalue weighted by molar-refractivity contribution is -0.125. The summed E-state index contributed by atoms with van der Waals surface area (Å²) in [6, 6.07) is 10.9. The first-order chi connectivity index (χ1) is 21.8. The SMILES string of the molecule is O=C(O)c1ccc(N2C(=O)C3CC=C4C(CC5(Cl)C(=O)N(c6ccc(F)cc6)C(=O)C5(Cl)C4c4ccc(CO)o4)C3C2=O)cc1O. The van der Waals surface area contributed by atoms with Crippen LogP contribution in [0.5, 0.6) is 5.75 Å². The lowest BCUT2D eigenvalue weighted by Gasteiger charge is -2.49. The Bertz CT molecular complexity index is 1910. The highest BCUT2D eigenvalue weighted by atomic mass is 35.5. The van der Waals surface area contributed by atoms with Crippen LogP contribution in [0.3, 0.4) is 0 Å². The van der Waals surface area contributed by atoms with Crippen molar-refractivity contribution in [1.29, 1.82) is 0 Å². The summed E-state index contributed by atoms with van der Waals surface area (Å²) in [5.74, 6) is -9.55. The lowest BCUT2D eigenvalue weighted by Crippen LogP contribution is -2.60. The van der Waals surface area contributed by atoms with Gasteiger partial charge in [-0.1, -0.05) is 11.6 Å². The standard InChI is InChI=1S/C32H23Cl2FN2O9/c33-31-12-21-18(8-9-20-24(21)27(41)36(26(20)40)16-5-7-19(28(42)43)22(39)11-16)25(23-10-6-17(13-38)46-23)32(31,34)30(45)37(29(31)44)15-3-1-14(35)2-4-15/h1-8,10-11,20-21,24-25,38-39H,9,12-13H2,(H,42,43). The van der Waals surface area contributed by atoms with Crippen LogP contribution in [0.1, 0.15) is 40.6 Å². The Balaban J connectivity index is 1.36. The molecule has 46 heavy (non-hydrogen) atoms. The van der Waals surface area contributed by atoms with E-state index in [1.54, 1.807) is 6.08 Å². The van der Waals surface area contributed by atoms with Crippen LogP contribution in [0, 0.1) is 23.6 Å². The average molecular weight is 669 g/mol. The van der Waals surface area contributed by atoms with Crippen LogP contribution in [0.15, 0.2) is 70.7 Å². The number of phenols is 1. The Labute approximate surface area is 269 Å². The van der Waals surface area contributed by atoms with Crippen molar-refractivity contribution in [3.63, 3.8) is 0 Å². The van der Waals surface area contributed by atoms with Crippen LogP contribution >= 0.6 is 23.2 Å². The summed E-state index contributed by atoms with van der Waals surface area (Å²) in [5.41, 5.74) is 0.0115. The summed E-state index contributed by atoms with van der Waals surface area (Å²) in [7, 11) is 0. The first-order valence-electron chi connectivity index (χ1n) is 14.2. The van der Waals surface area contributed by atoms with Gasteiger partial charge in [0.15, 0.2) is 9.75 Å². The number of nitrogens with zero attached hydrogens (tertiary/aromatic N) is 2. The third-order valence-corrected chi connectivity index (χ3v) is 10.9. The molecule has 2 aliphatic carbocycles. The van der Waals surface area contributed by atoms with Gasteiger partial charge in [0.25, 0.3) is 11.8 Å². The molecular weight excluding hydrogens is 646 g/mol. The molecule has 1 saturated carbocycles. The number of carboxylic acids is 1. The molecule has 4 amide bonds. The molecule has 3 aromatic rings. The van der Waals surface area contributed by atoms with Crippen LogP contribution < -0.4 is 9.80 Å². The number of rotatable bonds is 5. The lowest BCUT2D eigenvalue weighted by atomic mass is 9.57. The number of aromatic hydroxyl groups is 1. The van der Waals surface area contributed by atoms with E-state index in [1.165, 1.54) is 30.3 Å². The van der Waals surface area contributed by atoms with Gasteiger partial charge < -0.3 is 19.7 Å². The summed E-state index contributed by atoms with van der Waals surface area (Å²) in [5, 5.41) is 29.3. The van der Waals surface area contributed by atoms with Crippen LogP contribution in [-0.2, 0) is 25.8 Å². The van der Waals surface area contributed by atoms with Gasteiger partial charge in [-0.25, -0.2) is 19.0 Å². The number of amides is 4. The number of imide groups is 2. The van der Waals surface area contributed by atoms with Crippen LogP contribution in [0.4, 0.5) is 15.8 Å². The minimum Gasteiger partial charge on any atom is -0.507 e. The molecule has 2 aromatic carbocycles. The Morgan fingerprint density at radius 3 is 2.26 bits per heavy atom. The van der Waals surface area contributed by atoms with Gasteiger partial charge in [0.1, 0.15) is 35.3 Å². The Morgan fingerprint density at radius 1 is 0.935 bits per heavy atom. The van der Waals surface area contributed by atoms with Gasteiger partial charge in [-0.3, -0.25) is 19.2 Å². The van der Waals surface area contributed by atoms with E-state index in [1.807, 2.05) is 0 Å². The summed E-state index contributed by atoms with van der Waals surface area (Å²) >= 11 is 14.5. The van der Waals surface area contributed by atoms with Crippen LogP contribution in [0.2, 0.25) is 0 Å². The third-order valence-electron chi connectivity index (χ3n) is 9.49. The van der Waals surface area contributed by atoms with E-state index in [9.17, 15) is 43.7 Å². The Hall–Kier alpha value is -4.52. The fourth-order valence-electron chi connectivity index (χ4n) is 7.44. The summed E-state index contributed by atoms with van der Waals surface area (Å²) in [6.07, 6.45) is 1.41. The minimum absolute atomic E-state index is 0.0258. The molecule has 1 aromatic heterocycles. The second-order valence-electron chi connectivity index (χ2n) is 11.7. The number of hydrogen-bond donors (Lipinski definition) is 3. The first-order valence-corrected chi connectivity index (χ1v) is 14.9. The van der Waals surface area contributed by atoms with Crippen molar-refractivity contribution in [3.05, 3.63) is 89.1 Å². The monoisotopic (exact) mass is 668 g/mol. The highest BCUT2D eigenvalue weighted by Gasteiger charge is 2.77. The molecule has 14 heteroatoms. The minimum atomic E-state index is -2.19. The number of aromatic carboxylic acids is 1. The zero-order chi connectivity index (χ0) is 32.9. The van der Waals surface area contributed by atoms with Crippen LogP contribution in [0.25, 0.3) is 0 Å². The normalized spacial score (nSPS) is 30.3. The fourth-order valence-corrected chi connectivity index (χ4v) is 8.36. The number of carbonyl (C=O) groups excluding carboxylic acids is 4. The van der Waals surface area contributed by atoms with Gasteiger partial charge in [0.05, 0.1) is 29.1 Å². The number of halogens is 3. The number of carboxylic acid groups (broad SMARTS) is 1. The molecule has 4 aliphatic rings. The first kappa shape index (κ1) is 30.2. The maximum absolute atomic E-state index is 14.3. The number of furan rings is 1. The number of alkyl halides is 2. The van der Waals surface area contributed by atoms with Gasteiger partial charge in [0, 0.05) is 6.07 Å². The predicted octanol–water partition coefficient (Wildman–Crippen LogP) is 4.08. The zero-order valence-corrected chi connectivity index (χ0v) is 25.0. The third kappa shape index (κ3) is 3.90. The number of aliphatic hydroxyl groups excluding tert-OH is 1. The topological polar surface area (TPSA) is 166 Å². The van der Waals surface area contributed by atoms with Crippen molar-refractivity contribution in [3.8, 4) is 5.75 Å². The molecule has 2 aliphatic heterocycles. The summed E-state index contributed by atoms with van der Waals surface area (Å²) < 4.78 is 19.6. The highest BCUT2D eigenvalue weighted by Crippen LogP contribution is 2.66. The van der Waals surface area contributed by atoms with Gasteiger partial charge in [-0.05, 0) is 67.3 Å². The molecule has 3 heterocycles. The smallest absolute Gasteiger partial charge is 0.339 e. The molecule has 11 nitrogen and oxygen atoms in total. The van der Waals surface area contributed by atoms with Gasteiger partial charge in [0.2, 0.25) is 11.8 Å². The molecular formula is C32H23Cl2FN2O9. The Kier molecular flexibility index (Phi) is 6.71. The molecule has 3 N–H and O–H groups in total. The number of carbonyl (C=O) groups is 5. The van der Waals surface area contributed by atoms with E-state index in [4.69, 9.17) is 27.6 Å². The van der Waals surface area contributed by atoms with E-state index in [-0.39, 0.29) is 35.7 Å². The maximum atomic E-state index is 14.3. The van der Waals surface area contributed by atoms with Crippen molar-refractivity contribution in [2.24, 2.45) is 17.8 Å². The summed E-state index contributed by atoms with van der Waals surface area (Å²) in [6.45, 7) is -0.481. The quantitative estimate of drug-likeness (QED) is 0.206. The molecule has 6 atom stereocenters. The second kappa shape index (κ2) is 10.2. The highest BCUT2D eigenvalue weighted by molar-refractivity contribution is 6.58. The fraction of sp³-hybridized carbons (Fsp3) is 0.281. The molecule has 3 fully saturated rings. The number of fused-ring (bicyclic) bond motifs is 4. The predicted molar refractivity (Wildman–Crippen MR) is 159 cm³/mol. The number of benzene rings is 2. The van der Waals surface area contributed by atoms with Crippen LogP contribution in [-0.4, -0.2) is 54.7 Å². The van der Waals surface area contributed by atoms with E-state index in [0.29, 0.717) is 5.57 Å². The van der Waals surface area contributed by atoms with Crippen molar-refractivity contribution < 1.29 is 48.1 Å². The average Bonchev–Trinajstić information content (AvgIpc) is 3.63. The molecule has 2 saturated heterocycles. The maximum Gasteiger partial charge on any atom is 0.339 e. The molecule has 236 valence electrons. The van der Waals surface area contributed by atoms with E-state index in [2.05, 4.69) is 0 Å². The molecule has 6 unspecified atom stereocenters. The number of aliphatic hydroxyl groups is 1. The number of allylic oxidation sites excluding steroid dienone is 2. The van der Waals surface area contributed by atoms with Crippen molar-refractivity contribution in [2.75, 3.05) is 9.80 Å². The molecule has 0 bridgehead atoms. The van der Waals surface area contributed by atoms with E-state index in [0.717, 1.165) is 34.1 Å². The largest absolute Gasteiger partial charge is 0.507 e.